The molecular weight excluding hydrogens is 178 g/mol. The van der Waals surface area contributed by atoms with Crippen molar-refractivity contribution < 1.29 is 9.21 Å². The zero-order chi connectivity index (χ0) is 9.97. The van der Waals surface area contributed by atoms with Gasteiger partial charge in [-0.05, 0) is 6.42 Å². The molecule has 0 aliphatic rings. The third kappa shape index (κ3) is 1.58. The number of carbonyl (C=O) groups is 1. The van der Waals surface area contributed by atoms with E-state index in [2.05, 4.69) is 11.9 Å². The van der Waals surface area contributed by atoms with Crippen LogP contribution in [-0.4, -0.2) is 10.8 Å². The van der Waals surface area contributed by atoms with Crippen molar-refractivity contribution in [2.45, 2.75) is 26.2 Å². The second kappa shape index (κ2) is 3.70. The molecule has 2 aromatic heterocycles. The van der Waals surface area contributed by atoms with Crippen molar-refractivity contribution in [2.75, 3.05) is 0 Å². The van der Waals surface area contributed by atoms with Crippen LogP contribution in [0.15, 0.2) is 22.8 Å². The van der Waals surface area contributed by atoms with E-state index in [0.29, 0.717) is 12.1 Å². The second-order valence-electron chi connectivity index (χ2n) is 3.41. The number of rotatable bonds is 4. The van der Waals surface area contributed by atoms with E-state index in [9.17, 15) is 4.79 Å². The molecule has 0 unspecified atom stereocenters. The summed E-state index contributed by atoms with van der Waals surface area (Å²) in [6.07, 6.45) is 4.21. The van der Waals surface area contributed by atoms with Crippen LogP contribution < -0.4 is 0 Å². The summed E-state index contributed by atoms with van der Waals surface area (Å²) in [5.41, 5.74) is 2.31. The van der Waals surface area contributed by atoms with E-state index in [0.717, 1.165) is 23.9 Å². The lowest BCUT2D eigenvalue weighted by Crippen LogP contribution is -1.98. The zero-order valence-electron chi connectivity index (χ0n) is 8.17. The Morgan fingerprint density at radius 1 is 1.57 bits per heavy atom. The summed E-state index contributed by atoms with van der Waals surface area (Å²) in [6.45, 7) is 2.08. The average Bonchev–Trinajstić information content (AvgIpc) is 2.72. The van der Waals surface area contributed by atoms with Gasteiger partial charge in [0.1, 0.15) is 0 Å². The van der Waals surface area contributed by atoms with Crippen molar-refractivity contribution in [1.82, 2.24) is 4.98 Å². The van der Waals surface area contributed by atoms with Crippen LogP contribution >= 0.6 is 0 Å². The molecule has 0 saturated carbocycles. The molecule has 2 heterocycles. The summed E-state index contributed by atoms with van der Waals surface area (Å²) < 4.78 is 5.17. The summed E-state index contributed by atoms with van der Waals surface area (Å²) in [7, 11) is 0. The highest BCUT2D eigenvalue weighted by atomic mass is 16.3. The number of fused-ring (bicyclic) bond motifs is 1. The smallest absolute Gasteiger partial charge is 0.179 e. The molecule has 0 bridgehead atoms. The van der Waals surface area contributed by atoms with Gasteiger partial charge in [-0.25, -0.2) is 0 Å². The van der Waals surface area contributed by atoms with Gasteiger partial charge in [0.2, 0.25) is 0 Å². The Morgan fingerprint density at radius 3 is 3.14 bits per heavy atom. The number of ketones is 1. The van der Waals surface area contributed by atoms with Crippen molar-refractivity contribution in [1.29, 1.82) is 0 Å². The maximum absolute atomic E-state index is 11.6. The van der Waals surface area contributed by atoms with Crippen LogP contribution in [0.5, 0.6) is 0 Å². The molecule has 3 nitrogen and oxygen atoms in total. The predicted molar refractivity (Wildman–Crippen MR) is 54.4 cm³/mol. The van der Waals surface area contributed by atoms with Crippen molar-refractivity contribution in [2.24, 2.45) is 0 Å². The fraction of sp³-hybridized carbons (Fsp3) is 0.364. The first-order valence-electron chi connectivity index (χ1n) is 4.90. The average molecular weight is 191 g/mol. The first-order chi connectivity index (χ1) is 6.81. The van der Waals surface area contributed by atoms with E-state index in [4.69, 9.17) is 4.42 Å². The molecule has 1 N–H and O–H groups in total. The lowest BCUT2D eigenvalue weighted by molar-refractivity contribution is 0.0975. The van der Waals surface area contributed by atoms with E-state index in [-0.39, 0.29) is 5.78 Å². The number of Topliss-reactive ketones (excluding diaryl/α,β-unsaturated/α-hetero) is 1. The number of carbonyl (C=O) groups excluding carboxylic acids is 1. The topological polar surface area (TPSA) is 46.0 Å². The third-order valence-corrected chi connectivity index (χ3v) is 2.30. The highest BCUT2D eigenvalue weighted by Gasteiger charge is 2.09. The van der Waals surface area contributed by atoms with Crippen LogP contribution in [0.2, 0.25) is 0 Å². The Labute approximate surface area is 82.1 Å². The number of hydrogen-bond donors (Lipinski definition) is 1. The van der Waals surface area contributed by atoms with E-state index in [1.54, 1.807) is 12.3 Å². The molecule has 0 spiro atoms. The molecule has 74 valence electrons. The first-order valence-corrected chi connectivity index (χ1v) is 4.90. The van der Waals surface area contributed by atoms with Crippen LogP contribution in [0.1, 0.15) is 36.7 Å². The van der Waals surface area contributed by atoms with Gasteiger partial charge in [-0.3, -0.25) is 4.79 Å². The second-order valence-corrected chi connectivity index (χ2v) is 3.41. The molecule has 0 saturated heterocycles. The van der Waals surface area contributed by atoms with Gasteiger partial charge < -0.3 is 9.40 Å². The lowest BCUT2D eigenvalue weighted by Gasteiger charge is -1.94. The summed E-state index contributed by atoms with van der Waals surface area (Å²) in [4.78, 5) is 14.6. The molecule has 0 amide bonds. The highest BCUT2D eigenvalue weighted by molar-refractivity contribution is 5.98. The summed E-state index contributed by atoms with van der Waals surface area (Å²) in [5.74, 6) is 0.165. The van der Waals surface area contributed by atoms with Gasteiger partial charge in [-0.2, -0.15) is 0 Å². The van der Waals surface area contributed by atoms with Gasteiger partial charge in [0.05, 0.1) is 17.5 Å². The van der Waals surface area contributed by atoms with Crippen LogP contribution in [0.3, 0.4) is 0 Å². The normalized spacial score (nSPS) is 10.9. The molecule has 0 radical (unpaired) electrons. The molecule has 0 aromatic carbocycles. The van der Waals surface area contributed by atoms with Crippen molar-refractivity contribution in [3.8, 4) is 0 Å². The van der Waals surface area contributed by atoms with E-state index < -0.39 is 0 Å². The largest absolute Gasteiger partial charge is 0.463 e. The van der Waals surface area contributed by atoms with E-state index in [1.807, 2.05) is 6.07 Å². The van der Waals surface area contributed by atoms with Crippen LogP contribution in [0.4, 0.5) is 0 Å². The lowest BCUT2D eigenvalue weighted by atomic mass is 10.1. The number of nitrogens with one attached hydrogen (secondary N) is 1. The van der Waals surface area contributed by atoms with Gasteiger partial charge in [0.15, 0.2) is 11.4 Å². The van der Waals surface area contributed by atoms with Crippen LogP contribution in [-0.2, 0) is 0 Å². The molecule has 0 atom stereocenters. The summed E-state index contributed by atoms with van der Waals surface area (Å²) in [6, 6.07) is 3.60. The Bertz CT molecular complexity index is 410. The minimum Gasteiger partial charge on any atom is -0.463 e. The molecule has 2 aromatic rings. The number of furan rings is 1. The summed E-state index contributed by atoms with van der Waals surface area (Å²) in [5, 5.41) is 0. The van der Waals surface area contributed by atoms with Crippen LogP contribution in [0.25, 0.3) is 11.1 Å². The van der Waals surface area contributed by atoms with Gasteiger partial charge >= 0.3 is 0 Å². The predicted octanol–water partition coefficient (Wildman–Crippen LogP) is 3.13. The fourth-order valence-corrected chi connectivity index (χ4v) is 1.47. The van der Waals surface area contributed by atoms with Crippen LogP contribution in [0, 0.1) is 0 Å². The number of H-pyrrole nitrogens is 1. The van der Waals surface area contributed by atoms with Crippen molar-refractivity contribution in [3.63, 3.8) is 0 Å². The minimum atomic E-state index is 0.165. The van der Waals surface area contributed by atoms with Gasteiger partial charge in [0.25, 0.3) is 0 Å². The monoisotopic (exact) mass is 191 g/mol. The quantitative estimate of drug-likeness (QED) is 0.754. The van der Waals surface area contributed by atoms with Crippen molar-refractivity contribution in [3.05, 3.63) is 24.1 Å². The fourth-order valence-electron chi connectivity index (χ4n) is 1.47. The SMILES string of the molecule is CCCCC(=O)c1cc2occc2[nH]1. The van der Waals surface area contributed by atoms with Gasteiger partial charge in [-0.1, -0.05) is 13.3 Å². The van der Waals surface area contributed by atoms with Gasteiger partial charge in [0, 0.05) is 18.6 Å². The molecule has 0 aliphatic carbocycles. The van der Waals surface area contributed by atoms with Gasteiger partial charge in [-0.15, -0.1) is 0 Å². The number of aromatic amines is 1. The number of hydrogen-bond acceptors (Lipinski definition) is 2. The maximum Gasteiger partial charge on any atom is 0.179 e. The molecular formula is C11H13NO2. The Balaban J connectivity index is 2.18. The van der Waals surface area contributed by atoms with E-state index >= 15 is 0 Å². The first kappa shape index (κ1) is 9.06. The molecule has 2 rings (SSSR count). The Hall–Kier alpha value is -1.51. The molecule has 3 heteroatoms. The molecule has 14 heavy (non-hydrogen) atoms. The van der Waals surface area contributed by atoms with Crippen molar-refractivity contribution >= 4 is 16.9 Å². The Kier molecular flexibility index (Phi) is 2.39. The molecule has 0 aliphatic heterocycles. The Morgan fingerprint density at radius 2 is 2.43 bits per heavy atom. The molecule has 0 fully saturated rings. The highest BCUT2D eigenvalue weighted by Crippen LogP contribution is 2.17. The maximum atomic E-state index is 11.6. The zero-order valence-corrected chi connectivity index (χ0v) is 8.17. The summed E-state index contributed by atoms with van der Waals surface area (Å²) >= 11 is 0. The number of unbranched alkanes of at least 4 members (excludes halogenated alkanes) is 1. The standard InChI is InChI=1S/C11H13NO2/c1-2-3-4-10(13)9-7-11-8(12-9)5-6-14-11/h5-7,12H,2-4H2,1H3. The van der Waals surface area contributed by atoms with E-state index in [1.165, 1.54) is 0 Å². The number of aromatic nitrogens is 1. The third-order valence-electron chi connectivity index (χ3n) is 2.30. The minimum absolute atomic E-state index is 0.165.